The highest BCUT2D eigenvalue weighted by atomic mass is 79.9. The molecule has 1 amide bonds. The van der Waals surface area contributed by atoms with Crippen LogP contribution in [0.2, 0.25) is 0 Å². The second kappa shape index (κ2) is 9.72. The number of carbonyl (C=O) groups is 1. The van der Waals surface area contributed by atoms with Gasteiger partial charge < -0.3 is 9.26 Å². The molecule has 1 heterocycles. The summed E-state index contributed by atoms with van der Waals surface area (Å²) in [6.07, 6.45) is -6.29. The molecular weight excluding hydrogens is 513 g/mol. The number of ether oxygens (including phenoxy) is 1. The van der Waals surface area contributed by atoms with Gasteiger partial charge in [0.05, 0.1) is 5.56 Å². The molecule has 5 nitrogen and oxygen atoms in total. The standard InChI is InChI=1S/C25H18BrF3N2O3/c1-15(18-8-5-9-19(14-18)25(27,28)29)33-24(32)30-22-21(16-6-3-2-4-7-16)31-34-23(22)17-10-12-20(26)13-11-17/h2-15H,1H3,(H,30,32)/t15-/m1/s1. The van der Waals surface area contributed by atoms with E-state index < -0.39 is 23.9 Å². The van der Waals surface area contributed by atoms with Crippen molar-refractivity contribution in [3.63, 3.8) is 0 Å². The van der Waals surface area contributed by atoms with Gasteiger partial charge in [-0.15, -0.1) is 0 Å². The number of halogens is 4. The van der Waals surface area contributed by atoms with E-state index in [4.69, 9.17) is 9.26 Å². The summed E-state index contributed by atoms with van der Waals surface area (Å²) in [5, 5.41) is 6.80. The number of hydrogen-bond donors (Lipinski definition) is 1. The quantitative estimate of drug-likeness (QED) is 0.283. The Labute approximate surface area is 201 Å². The summed E-state index contributed by atoms with van der Waals surface area (Å²) in [5.74, 6) is 0.315. The number of anilines is 1. The maximum atomic E-state index is 13.0. The van der Waals surface area contributed by atoms with Crippen LogP contribution in [0, 0.1) is 0 Å². The van der Waals surface area contributed by atoms with Crippen LogP contribution in [0.5, 0.6) is 0 Å². The van der Waals surface area contributed by atoms with E-state index in [1.54, 1.807) is 12.1 Å². The number of nitrogens with one attached hydrogen (secondary N) is 1. The van der Waals surface area contributed by atoms with Gasteiger partial charge in [0.1, 0.15) is 17.5 Å². The maximum Gasteiger partial charge on any atom is 0.416 e. The predicted molar refractivity (Wildman–Crippen MR) is 125 cm³/mol. The Bertz CT molecular complexity index is 1290. The summed E-state index contributed by atoms with van der Waals surface area (Å²) >= 11 is 3.38. The average molecular weight is 531 g/mol. The van der Waals surface area contributed by atoms with Crippen molar-refractivity contribution in [3.05, 3.63) is 94.5 Å². The Balaban J connectivity index is 1.61. The van der Waals surface area contributed by atoms with Crippen LogP contribution >= 0.6 is 15.9 Å². The number of carbonyl (C=O) groups excluding carboxylic acids is 1. The summed E-state index contributed by atoms with van der Waals surface area (Å²) in [6.45, 7) is 1.50. The number of hydrogen-bond acceptors (Lipinski definition) is 4. The highest BCUT2D eigenvalue weighted by molar-refractivity contribution is 9.10. The molecule has 4 rings (SSSR count). The number of aromatic nitrogens is 1. The molecule has 0 bridgehead atoms. The molecule has 1 aromatic heterocycles. The van der Waals surface area contributed by atoms with Crippen molar-refractivity contribution in [3.8, 4) is 22.6 Å². The first-order chi connectivity index (χ1) is 16.2. The first kappa shape index (κ1) is 23.6. The lowest BCUT2D eigenvalue weighted by molar-refractivity contribution is -0.137. The van der Waals surface area contributed by atoms with Gasteiger partial charge in [-0.2, -0.15) is 13.2 Å². The molecule has 34 heavy (non-hydrogen) atoms. The van der Waals surface area contributed by atoms with Crippen LogP contribution in [-0.2, 0) is 10.9 Å². The second-order valence-corrected chi connectivity index (χ2v) is 8.32. The first-order valence-corrected chi connectivity index (χ1v) is 11.0. The van der Waals surface area contributed by atoms with E-state index in [1.165, 1.54) is 19.1 Å². The molecule has 0 fully saturated rings. The highest BCUT2D eigenvalue weighted by Crippen LogP contribution is 2.38. The van der Waals surface area contributed by atoms with Crippen LogP contribution in [-0.4, -0.2) is 11.2 Å². The van der Waals surface area contributed by atoms with E-state index >= 15 is 0 Å². The van der Waals surface area contributed by atoms with Gasteiger partial charge >= 0.3 is 12.3 Å². The largest absolute Gasteiger partial charge is 0.441 e. The van der Waals surface area contributed by atoms with Gasteiger partial charge in [0.2, 0.25) is 0 Å². The minimum Gasteiger partial charge on any atom is -0.441 e. The third kappa shape index (κ3) is 5.31. The van der Waals surface area contributed by atoms with E-state index in [-0.39, 0.29) is 11.3 Å². The van der Waals surface area contributed by atoms with Gasteiger partial charge in [0, 0.05) is 15.6 Å². The molecule has 0 aliphatic rings. The molecule has 0 aliphatic heterocycles. The fraction of sp³-hybridized carbons (Fsp3) is 0.120. The number of alkyl halides is 3. The molecule has 0 unspecified atom stereocenters. The molecule has 4 aromatic rings. The van der Waals surface area contributed by atoms with Crippen molar-refractivity contribution in [2.75, 3.05) is 5.32 Å². The van der Waals surface area contributed by atoms with Crippen LogP contribution in [0.25, 0.3) is 22.6 Å². The first-order valence-electron chi connectivity index (χ1n) is 10.2. The zero-order valence-corrected chi connectivity index (χ0v) is 19.4. The summed E-state index contributed by atoms with van der Waals surface area (Å²) < 4.78 is 50.9. The Morgan fingerprint density at radius 2 is 1.71 bits per heavy atom. The van der Waals surface area contributed by atoms with E-state index in [1.807, 2.05) is 42.5 Å². The monoisotopic (exact) mass is 530 g/mol. The summed E-state index contributed by atoms with van der Waals surface area (Å²) in [6, 6.07) is 21.0. The van der Waals surface area contributed by atoms with Crippen LogP contribution < -0.4 is 5.32 Å². The van der Waals surface area contributed by atoms with Crippen molar-refractivity contribution in [1.82, 2.24) is 5.16 Å². The second-order valence-electron chi connectivity index (χ2n) is 7.40. The predicted octanol–water partition coefficient (Wildman–Crippen LogP) is 8.10. The van der Waals surface area contributed by atoms with Crippen LogP contribution in [0.3, 0.4) is 0 Å². The summed E-state index contributed by atoms with van der Waals surface area (Å²) in [7, 11) is 0. The number of benzene rings is 3. The van der Waals surface area contributed by atoms with E-state index in [2.05, 4.69) is 26.4 Å². The van der Waals surface area contributed by atoms with Gasteiger partial charge in [0.15, 0.2) is 5.76 Å². The molecule has 0 aliphatic carbocycles. The van der Waals surface area contributed by atoms with Crippen LogP contribution in [0.4, 0.5) is 23.7 Å². The SMILES string of the molecule is C[C@@H](OC(=O)Nc1c(-c2ccccc2)noc1-c1ccc(Br)cc1)c1cccc(C(F)(F)F)c1. The Hall–Kier alpha value is -3.59. The van der Waals surface area contributed by atoms with Crippen LogP contribution in [0.15, 0.2) is 87.9 Å². The summed E-state index contributed by atoms with van der Waals surface area (Å²) in [5.41, 5.74) is 1.45. The number of nitrogens with zero attached hydrogens (tertiary/aromatic N) is 1. The van der Waals surface area contributed by atoms with Gasteiger partial charge in [-0.25, -0.2) is 4.79 Å². The highest BCUT2D eigenvalue weighted by Gasteiger charge is 2.31. The van der Waals surface area contributed by atoms with Crippen molar-refractivity contribution in [2.45, 2.75) is 19.2 Å². The maximum absolute atomic E-state index is 13.0. The van der Waals surface area contributed by atoms with Crippen molar-refractivity contribution in [2.24, 2.45) is 0 Å². The van der Waals surface area contributed by atoms with Gasteiger partial charge in [-0.05, 0) is 48.9 Å². The smallest absolute Gasteiger partial charge is 0.416 e. The van der Waals surface area contributed by atoms with Crippen molar-refractivity contribution >= 4 is 27.7 Å². The van der Waals surface area contributed by atoms with Crippen LogP contribution in [0.1, 0.15) is 24.2 Å². The lowest BCUT2D eigenvalue weighted by Crippen LogP contribution is -2.17. The third-order valence-electron chi connectivity index (χ3n) is 5.04. The fourth-order valence-corrected chi connectivity index (χ4v) is 3.59. The lowest BCUT2D eigenvalue weighted by atomic mass is 10.1. The van der Waals surface area contributed by atoms with E-state index in [0.717, 1.165) is 16.6 Å². The molecule has 0 radical (unpaired) electrons. The van der Waals surface area contributed by atoms with E-state index in [0.29, 0.717) is 22.6 Å². The van der Waals surface area contributed by atoms with Gasteiger partial charge in [-0.1, -0.05) is 63.6 Å². The molecule has 0 saturated heterocycles. The lowest BCUT2D eigenvalue weighted by Gasteiger charge is -2.16. The van der Waals surface area contributed by atoms with Gasteiger partial charge in [-0.3, -0.25) is 5.32 Å². The molecule has 0 saturated carbocycles. The number of amides is 1. The third-order valence-corrected chi connectivity index (χ3v) is 5.57. The Morgan fingerprint density at radius 3 is 2.38 bits per heavy atom. The number of rotatable bonds is 5. The molecule has 174 valence electrons. The minimum atomic E-state index is -4.50. The molecule has 9 heteroatoms. The fourth-order valence-electron chi connectivity index (χ4n) is 3.33. The Kier molecular flexibility index (Phi) is 6.74. The zero-order valence-electron chi connectivity index (χ0n) is 17.8. The van der Waals surface area contributed by atoms with Crippen molar-refractivity contribution in [1.29, 1.82) is 0 Å². The molecule has 1 N–H and O–H groups in total. The Morgan fingerprint density at radius 1 is 1.00 bits per heavy atom. The topological polar surface area (TPSA) is 64.4 Å². The van der Waals surface area contributed by atoms with E-state index in [9.17, 15) is 18.0 Å². The zero-order chi connectivity index (χ0) is 24.3. The van der Waals surface area contributed by atoms with Gasteiger partial charge in [0.25, 0.3) is 0 Å². The molecule has 1 atom stereocenters. The summed E-state index contributed by atoms with van der Waals surface area (Å²) in [4.78, 5) is 12.8. The molecular formula is C25H18BrF3N2O3. The minimum absolute atomic E-state index is 0.215. The average Bonchev–Trinajstić information content (AvgIpc) is 3.23. The normalized spacial score (nSPS) is 12.3. The van der Waals surface area contributed by atoms with Crippen molar-refractivity contribution < 1.29 is 27.2 Å². The molecule has 0 spiro atoms. The molecule has 3 aromatic carbocycles.